The number of anilines is 4. The summed E-state index contributed by atoms with van der Waals surface area (Å²) in [5.41, 5.74) is 9.19. The van der Waals surface area contributed by atoms with Crippen molar-refractivity contribution in [2.24, 2.45) is 15.7 Å². The molecule has 0 radical (unpaired) electrons. The first kappa shape index (κ1) is 55.2. The van der Waals surface area contributed by atoms with Crippen molar-refractivity contribution >= 4 is 59.2 Å². The van der Waals surface area contributed by atoms with Crippen LogP contribution in [-0.2, 0) is 14.3 Å². The molecule has 0 spiro atoms. The van der Waals surface area contributed by atoms with E-state index in [1.165, 1.54) is 0 Å². The lowest BCUT2D eigenvalue weighted by atomic mass is 9.92. The zero-order chi connectivity index (χ0) is 53.9. The standard InChI is InChI=1S/C57H74N12O6/c1-11-18-42(19-12-2)75-43-27-24-38(25-28-43)50-49(51(58)59-7)53(60-8)69(65-50)41-22-15-32-67(36-41)47(70)23-16-33-74-57(5,6)31-17-30-56(3,4)64-54(72)39-26-29-44(46(34-39)73-10)62-55-61-35-45-52(63-55)68(37-48(71)66(45)9)40-20-13-14-21-40/h11-12,16,18-19,23-29,34-35,40-41H,1,8,13-15,17,20-22,30-33,36-37H2,2-7,9-10H3,(H2,58,59)(H,64,72)(H,61,62,63)/b19-12-,23-16+,42-18+. The monoisotopic (exact) mass is 1020 g/mol. The highest BCUT2D eigenvalue weighted by molar-refractivity contribution is 6.07. The number of nitrogens with zero attached hydrogens (tertiary/aromatic N) is 9. The maximum absolute atomic E-state index is 13.6. The number of likely N-dealkylation sites (N-methyl/N-ethyl adjacent to an activating group) is 1. The van der Waals surface area contributed by atoms with Gasteiger partial charge in [0.1, 0.15) is 34.5 Å². The highest BCUT2D eigenvalue weighted by Crippen LogP contribution is 2.39. The zero-order valence-electron chi connectivity index (χ0n) is 44.9. The molecule has 18 nitrogen and oxygen atoms in total. The summed E-state index contributed by atoms with van der Waals surface area (Å²) in [6.07, 6.45) is 20.3. The summed E-state index contributed by atoms with van der Waals surface area (Å²) >= 11 is 0. The van der Waals surface area contributed by atoms with Crippen LogP contribution in [0.25, 0.3) is 11.3 Å². The van der Waals surface area contributed by atoms with E-state index < -0.39 is 11.1 Å². The van der Waals surface area contributed by atoms with Crippen LogP contribution in [0.15, 0.2) is 107 Å². The van der Waals surface area contributed by atoms with Gasteiger partial charge in [-0.05, 0) is 141 Å². The minimum absolute atomic E-state index is 0.0198. The van der Waals surface area contributed by atoms with Crippen LogP contribution in [0.2, 0.25) is 0 Å². The maximum atomic E-state index is 13.6. The van der Waals surface area contributed by atoms with E-state index in [2.05, 4.69) is 43.8 Å². The third kappa shape index (κ3) is 13.6. The number of allylic oxidation sites excluding steroid dienone is 4. The topological polar surface area (TPSA) is 207 Å². The van der Waals surface area contributed by atoms with E-state index in [1.54, 1.807) is 74.8 Å². The van der Waals surface area contributed by atoms with Gasteiger partial charge in [-0.15, -0.1) is 0 Å². The molecule has 1 unspecified atom stereocenters. The van der Waals surface area contributed by atoms with Gasteiger partial charge in [0.25, 0.3) is 5.91 Å². The van der Waals surface area contributed by atoms with E-state index in [0.717, 1.165) is 62.7 Å². The van der Waals surface area contributed by atoms with Gasteiger partial charge in [-0.2, -0.15) is 10.1 Å². The van der Waals surface area contributed by atoms with E-state index in [9.17, 15) is 14.4 Å². The number of hydrogen-bond acceptors (Lipinski definition) is 13. The Bertz CT molecular complexity index is 2840. The lowest BCUT2D eigenvalue weighted by Gasteiger charge is -2.37. The molecule has 1 saturated heterocycles. The average Bonchev–Trinajstić information content (AvgIpc) is 4.08. The molecule has 398 valence electrons. The molecule has 2 aromatic heterocycles. The minimum Gasteiger partial charge on any atom is -0.495 e. The van der Waals surface area contributed by atoms with Crippen molar-refractivity contribution in [2.45, 2.75) is 116 Å². The first-order valence-corrected chi connectivity index (χ1v) is 25.8. The van der Waals surface area contributed by atoms with Gasteiger partial charge in [-0.1, -0.05) is 37.6 Å². The van der Waals surface area contributed by atoms with Crippen LogP contribution in [-0.4, -0.2) is 120 Å². The Morgan fingerprint density at radius 1 is 1.01 bits per heavy atom. The van der Waals surface area contributed by atoms with Crippen LogP contribution in [0, 0.1) is 0 Å². The highest BCUT2D eigenvalue weighted by Gasteiger charge is 2.35. The van der Waals surface area contributed by atoms with Crippen molar-refractivity contribution in [2.75, 3.05) is 62.6 Å². The number of fused-ring (bicyclic) bond motifs is 1. The molecule has 3 aliphatic rings. The van der Waals surface area contributed by atoms with E-state index in [1.807, 2.05) is 80.6 Å². The molecule has 4 heterocycles. The molecular weight excluding hydrogens is 949 g/mol. The van der Waals surface area contributed by atoms with Gasteiger partial charge in [-0.25, -0.2) is 14.7 Å². The molecule has 1 atom stereocenters. The summed E-state index contributed by atoms with van der Waals surface area (Å²) in [5, 5.41) is 11.5. The van der Waals surface area contributed by atoms with Crippen LogP contribution in [0.1, 0.15) is 114 Å². The number of amides is 3. The second-order valence-corrected chi connectivity index (χ2v) is 20.4. The fraction of sp³-hybridized carbons (Fsp3) is 0.439. The number of aliphatic imine (C=N–C) groups is 2. The molecule has 2 fully saturated rings. The van der Waals surface area contributed by atoms with Gasteiger partial charge in [0, 0.05) is 56.0 Å². The van der Waals surface area contributed by atoms with E-state index >= 15 is 0 Å². The van der Waals surface area contributed by atoms with E-state index in [4.69, 9.17) is 30.0 Å². The van der Waals surface area contributed by atoms with Gasteiger partial charge in [-0.3, -0.25) is 19.4 Å². The maximum Gasteiger partial charge on any atom is 0.251 e. The summed E-state index contributed by atoms with van der Waals surface area (Å²) in [7, 11) is 4.93. The Morgan fingerprint density at radius 2 is 1.76 bits per heavy atom. The number of amidine groups is 1. The third-order valence-electron chi connectivity index (χ3n) is 14.0. The number of ether oxygens (including phenoxy) is 3. The van der Waals surface area contributed by atoms with Crippen molar-refractivity contribution in [3.8, 4) is 22.8 Å². The molecule has 18 heteroatoms. The second-order valence-electron chi connectivity index (χ2n) is 20.4. The Hall–Kier alpha value is -7.60. The van der Waals surface area contributed by atoms with Crippen molar-refractivity contribution in [3.63, 3.8) is 0 Å². The number of rotatable bonds is 22. The number of likely N-dealkylation sites (tertiary alicyclic amines) is 1. The van der Waals surface area contributed by atoms with Crippen LogP contribution in [0.5, 0.6) is 11.5 Å². The first-order valence-electron chi connectivity index (χ1n) is 25.8. The van der Waals surface area contributed by atoms with Crippen molar-refractivity contribution in [1.82, 2.24) is 30.0 Å². The molecule has 3 amide bonds. The van der Waals surface area contributed by atoms with Gasteiger partial charge in [0.05, 0.1) is 49.4 Å². The quantitative estimate of drug-likeness (QED) is 0.0221. The van der Waals surface area contributed by atoms with Crippen molar-refractivity contribution in [3.05, 3.63) is 109 Å². The van der Waals surface area contributed by atoms with E-state index in [0.29, 0.717) is 76.7 Å². The minimum atomic E-state index is -0.522. The summed E-state index contributed by atoms with van der Waals surface area (Å²) in [4.78, 5) is 63.6. The second kappa shape index (κ2) is 24.6. The lowest BCUT2D eigenvalue weighted by Crippen LogP contribution is -2.48. The molecule has 2 aromatic carbocycles. The van der Waals surface area contributed by atoms with Gasteiger partial charge in [0.15, 0.2) is 11.6 Å². The number of piperidine rings is 1. The molecule has 4 N–H and O–H groups in total. The fourth-order valence-corrected chi connectivity index (χ4v) is 9.86. The molecule has 2 aliphatic heterocycles. The number of benzene rings is 2. The number of carbonyl (C=O) groups is 3. The molecule has 0 bridgehead atoms. The molecule has 4 aromatic rings. The third-order valence-corrected chi connectivity index (χ3v) is 14.0. The number of nitrogens with two attached hydrogens (primary N) is 1. The largest absolute Gasteiger partial charge is 0.495 e. The zero-order valence-corrected chi connectivity index (χ0v) is 44.9. The average molecular weight is 1020 g/mol. The SMILES string of the molecule is C=C/C=C(\C=C/C)Oc1ccc(-c2nn(C3CCCN(C(=O)/C=C/COC(C)(C)CCCC(C)(C)NC(=O)c4ccc(Nc5ncc6c(n5)N(C5CCCC5)CC(=O)N6C)c(OC)c4)C3)c(N=C)c2C(N)=NC)cc1. The number of methoxy groups -OCH3 is 1. The van der Waals surface area contributed by atoms with Crippen LogP contribution in [0.3, 0.4) is 0 Å². The number of hydrogen-bond donors (Lipinski definition) is 3. The predicted octanol–water partition coefficient (Wildman–Crippen LogP) is 9.40. The molecule has 1 saturated carbocycles. The number of aromatic nitrogens is 4. The summed E-state index contributed by atoms with van der Waals surface area (Å²) in [5.74, 6) is 3.32. The molecule has 7 rings (SSSR count). The highest BCUT2D eigenvalue weighted by atomic mass is 16.5. The van der Waals surface area contributed by atoms with Gasteiger partial charge < -0.3 is 45.3 Å². The van der Waals surface area contributed by atoms with Gasteiger partial charge >= 0.3 is 0 Å². The molecule has 1 aliphatic carbocycles. The Kier molecular flexibility index (Phi) is 18.1. The summed E-state index contributed by atoms with van der Waals surface area (Å²) in [6, 6.07) is 12.9. The number of carbonyl (C=O) groups excluding carboxylic acids is 3. The fourth-order valence-electron chi connectivity index (χ4n) is 9.86. The summed E-state index contributed by atoms with van der Waals surface area (Å²) in [6.45, 7) is 19.2. The lowest BCUT2D eigenvalue weighted by molar-refractivity contribution is -0.127. The Morgan fingerprint density at radius 3 is 2.45 bits per heavy atom. The van der Waals surface area contributed by atoms with Crippen molar-refractivity contribution in [1.29, 1.82) is 0 Å². The predicted molar refractivity (Wildman–Crippen MR) is 298 cm³/mol. The molecular formula is C57H74N12O6. The first-order chi connectivity index (χ1) is 36.0. The van der Waals surface area contributed by atoms with E-state index in [-0.39, 0.29) is 48.8 Å². The Balaban J connectivity index is 0.896. The summed E-state index contributed by atoms with van der Waals surface area (Å²) < 4.78 is 19.8. The smallest absolute Gasteiger partial charge is 0.251 e. The van der Waals surface area contributed by atoms with Crippen LogP contribution >= 0.6 is 0 Å². The normalized spacial score (nSPS) is 16.9. The van der Waals surface area contributed by atoms with Gasteiger partial charge in [0.2, 0.25) is 17.8 Å². The molecule has 75 heavy (non-hydrogen) atoms. The van der Waals surface area contributed by atoms with Crippen LogP contribution in [0.4, 0.5) is 29.0 Å². The number of nitrogens with one attached hydrogen (secondary N) is 2. The Labute approximate surface area is 441 Å². The van der Waals surface area contributed by atoms with Crippen molar-refractivity contribution < 1.29 is 28.6 Å². The van der Waals surface area contributed by atoms with Crippen LogP contribution < -0.4 is 35.6 Å².